The van der Waals surface area contributed by atoms with Crippen molar-refractivity contribution in [1.82, 2.24) is 4.98 Å². The smallest absolute Gasteiger partial charge is 0.360 e. The number of carbonyl (C=O) groups excluding carboxylic acids is 1. The first kappa shape index (κ1) is 17.1. The monoisotopic (exact) mass is 315 g/mol. The number of benzene rings is 1. The van der Waals surface area contributed by atoms with Crippen LogP contribution >= 0.6 is 0 Å². The second-order valence-corrected chi connectivity index (χ2v) is 5.56. The number of nitrogens with one attached hydrogen (secondary N) is 1. The summed E-state index contributed by atoms with van der Waals surface area (Å²) in [6.07, 6.45) is 9.10. The Morgan fingerprint density at radius 3 is 2.57 bits per heavy atom. The van der Waals surface area contributed by atoms with E-state index < -0.39 is 5.97 Å². The van der Waals surface area contributed by atoms with E-state index in [1.807, 2.05) is 12.1 Å². The molecule has 1 aromatic heterocycles. The summed E-state index contributed by atoms with van der Waals surface area (Å²) in [6, 6.07) is 10.6. The lowest BCUT2D eigenvalue weighted by Gasteiger charge is -2.08. The van der Waals surface area contributed by atoms with Gasteiger partial charge in [0.05, 0.1) is 6.61 Å². The normalized spacial score (nSPS) is 10.5. The number of H-pyrrole nitrogens is 1. The fraction of sp³-hybridized carbons (Fsp3) is 0.421. The van der Waals surface area contributed by atoms with Crippen molar-refractivity contribution < 1.29 is 14.3 Å². The van der Waals surface area contributed by atoms with Crippen LogP contribution in [0.15, 0.2) is 42.6 Å². The molecule has 0 atom stereocenters. The van der Waals surface area contributed by atoms with Crippen molar-refractivity contribution in [2.45, 2.75) is 45.4 Å². The van der Waals surface area contributed by atoms with Crippen molar-refractivity contribution in [2.24, 2.45) is 0 Å². The van der Waals surface area contributed by atoms with Gasteiger partial charge in [-0.15, -0.1) is 0 Å². The molecule has 1 heterocycles. The van der Waals surface area contributed by atoms with Crippen molar-refractivity contribution in [3.63, 3.8) is 0 Å². The SMILES string of the molecule is CCCCCCCCOc1cccc(OC(=O)c2ccc[nH]2)c1. The molecular weight excluding hydrogens is 290 g/mol. The van der Waals surface area contributed by atoms with Gasteiger partial charge in [0, 0.05) is 12.3 Å². The molecule has 0 amide bonds. The van der Waals surface area contributed by atoms with Gasteiger partial charge >= 0.3 is 5.97 Å². The summed E-state index contributed by atoms with van der Waals surface area (Å²) in [7, 11) is 0. The van der Waals surface area contributed by atoms with Gasteiger partial charge in [-0.2, -0.15) is 0 Å². The van der Waals surface area contributed by atoms with E-state index in [0.717, 1.165) is 12.2 Å². The topological polar surface area (TPSA) is 51.3 Å². The third-order valence-corrected chi connectivity index (χ3v) is 3.60. The largest absolute Gasteiger partial charge is 0.493 e. The van der Waals surface area contributed by atoms with E-state index in [9.17, 15) is 4.79 Å². The van der Waals surface area contributed by atoms with Crippen molar-refractivity contribution in [3.05, 3.63) is 48.3 Å². The second kappa shape index (κ2) is 9.72. The summed E-state index contributed by atoms with van der Waals surface area (Å²) in [4.78, 5) is 14.7. The van der Waals surface area contributed by atoms with Gasteiger partial charge in [0.1, 0.15) is 17.2 Å². The van der Waals surface area contributed by atoms with Crippen LogP contribution in [0, 0.1) is 0 Å². The number of aromatic amines is 1. The van der Waals surface area contributed by atoms with Gasteiger partial charge in [0.15, 0.2) is 0 Å². The average molecular weight is 315 g/mol. The standard InChI is InChI=1S/C19H25NO3/c1-2-3-4-5-6-7-14-22-16-10-8-11-17(15-16)23-19(21)18-12-9-13-20-18/h8-13,15,20H,2-7,14H2,1H3. The van der Waals surface area contributed by atoms with E-state index in [4.69, 9.17) is 9.47 Å². The molecule has 4 nitrogen and oxygen atoms in total. The van der Waals surface area contributed by atoms with E-state index in [1.54, 1.807) is 30.5 Å². The van der Waals surface area contributed by atoms with Crippen LogP contribution in [0.4, 0.5) is 0 Å². The summed E-state index contributed by atoms with van der Waals surface area (Å²) in [5, 5.41) is 0. The molecule has 0 saturated heterocycles. The maximum atomic E-state index is 11.9. The number of esters is 1. The highest BCUT2D eigenvalue weighted by Crippen LogP contribution is 2.20. The van der Waals surface area contributed by atoms with Gasteiger partial charge in [-0.25, -0.2) is 4.79 Å². The molecule has 0 aliphatic rings. The van der Waals surface area contributed by atoms with Crippen LogP contribution in [0.25, 0.3) is 0 Å². The number of hydrogen-bond acceptors (Lipinski definition) is 3. The molecule has 0 unspecified atom stereocenters. The third kappa shape index (κ3) is 6.19. The number of ether oxygens (including phenoxy) is 2. The molecule has 23 heavy (non-hydrogen) atoms. The number of rotatable bonds is 10. The zero-order chi connectivity index (χ0) is 16.3. The zero-order valence-corrected chi connectivity index (χ0v) is 13.7. The molecule has 0 saturated carbocycles. The molecule has 0 bridgehead atoms. The maximum Gasteiger partial charge on any atom is 0.360 e. The third-order valence-electron chi connectivity index (χ3n) is 3.60. The van der Waals surface area contributed by atoms with Crippen molar-refractivity contribution in [2.75, 3.05) is 6.61 Å². The molecule has 1 aromatic carbocycles. The minimum Gasteiger partial charge on any atom is -0.493 e. The van der Waals surface area contributed by atoms with E-state index in [2.05, 4.69) is 11.9 Å². The number of carbonyl (C=O) groups is 1. The molecule has 2 aromatic rings. The average Bonchev–Trinajstić information content (AvgIpc) is 3.09. The Labute approximate surface area is 137 Å². The molecule has 0 radical (unpaired) electrons. The number of hydrogen-bond donors (Lipinski definition) is 1. The minimum absolute atomic E-state index is 0.400. The van der Waals surface area contributed by atoms with Crippen molar-refractivity contribution in [1.29, 1.82) is 0 Å². The van der Waals surface area contributed by atoms with Crippen molar-refractivity contribution in [3.8, 4) is 11.5 Å². The zero-order valence-electron chi connectivity index (χ0n) is 13.7. The second-order valence-electron chi connectivity index (χ2n) is 5.56. The first-order valence-corrected chi connectivity index (χ1v) is 8.38. The fourth-order valence-corrected chi connectivity index (χ4v) is 2.32. The van der Waals surface area contributed by atoms with Gasteiger partial charge in [-0.1, -0.05) is 45.1 Å². The highest BCUT2D eigenvalue weighted by atomic mass is 16.5. The van der Waals surface area contributed by atoms with E-state index in [-0.39, 0.29) is 0 Å². The summed E-state index contributed by atoms with van der Waals surface area (Å²) >= 11 is 0. The molecule has 1 N–H and O–H groups in total. The highest BCUT2D eigenvalue weighted by Gasteiger charge is 2.09. The molecule has 0 fully saturated rings. The molecular formula is C19H25NO3. The lowest BCUT2D eigenvalue weighted by molar-refractivity contribution is 0.0729. The van der Waals surface area contributed by atoms with Crippen LogP contribution < -0.4 is 9.47 Å². The lowest BCUT2D eigenvalue weighted by atomic mass is 10.1. The Balaban J connectivity index is 1.73. The Hall–Kier alpha value is -2.23. The highest BCUT2D eigenvalue weighted by molar-refractivity contribution is 5.89. The minimum atomic E-state index is -0.400. The van der Waals surface area contributed by atoms with E-state index >= 15 is 0 Å². The van der Waals surface area contributed by atoms with E-state index in [0.29, 0.717) is 18.1 Å². The van der Waals surface area contributed by atoms with Crippen LogP contribution in [0.3, 0.4) is 0 Å². The van der Waals surface area contributed by atoms with Crippen LogP contribution in [0.5, 0.6) is 11.5 Å². The number of unbranched alkanes of at least 4 members (excludes halogenated alkanes) is 5. The van der Waals surface area contributed by atoms with Crippen LogP contribution in [0.2, 0.25) is 0 Å². The van der Waals surface area contributed by atoms with E-state index in [1.165, 1.54) is 32.1 Å². The predicted octanol–water partition coefficient (Wildman–Crippen LogP) is 4.97. The van der Waals surface area contributed by atoms with Gasteiger partial charge < -0.3 is 14.5 Å². The van der Waals surface area contributed by atoms with Gasteiger partial charge in [-0.3, -0.25) is 0 Å². The summed E-state index contributed by atoms with van der Waals surface area (Å²) in [5.74, 6) is 0.823. The number of aromatic nitrogens is 1. The predicted molar refractivity (Wildman–Crippen MR) is 91.1 cm³/mol. The Morgan fingerprint density at radius 1 is 1.00 bits per heavy atom. The molecule has 0 spiro atoms. The van der Waals surface area contributed by atoms with Gasteiger partial charge in [-0.05, 0) is 30.7 Å². The first-order chi connectivity index (χ1) is 11.3. The maximum absolute atomic E-state index is 11.9. The first-order valence-electron chi connectivity index (χ1n) is 8.38. The Bertz CT molecular complexity index is 578. The van der Waals surface area contributed by atoms with Crippen LogP contribution in [-0.4, -0.2) is 17.6 Å². The molecule has 2 rings (SSSR count). The van der Waals surface area contributed by atoms with Gasteiger partial charge in [0.25, 0.3) is 0 Å². The summed E-state index contributed by atoms with van der Waals surface area (Å²) in [6.45, 7) is 2.92. The molecule has 124 valence electrons. The molecule has 4 heteroatoms. The fourth-order valence-electron chi connectivity index (χ4n) is 2.32. The summed E-state index contributed by atoms with van der Waals surface area (Å²) < 4.78 is 11.0. The van der Waals surface area contributed by atoms with Gasteiger partial charge in [0.2, 0.25) is 0 Å². The quantitative estimate of drug-likeness (QED) is 0.382. The van der Waals surface area contributed by atoms with Crippen LogP contribution in [-0.2, 0) is 0 Å². The molecule has 0 aliphatic carbocycles. The lowest BCUT2D eigenvalue weighted by Crippen LogP contribution is -2.08. The molecule has 0 aliphatic heterocycles. The van der Waals surface area contributed by atoms with Crippen molar-refractivity contribution >= 4 is 5.97 Å². The summed E-state index contributed by atoms with van der Waals surface area (Å²) in [5.41, 5.74) is 0.434. The Morgan fingerprint density at radius 2 is 1.78 bits per heavy atom. The van der Waals surface area contributed by atoms with Crippen LogP contribution in [0.1, 0.15) is 55.9 Å². The Kier molecular flexibility index (Phi) is 7.24.